The van der Waals surface area contributed by atoms with Gasteiger partial charge >= 0.3 is 5.97 Å². The largest absolute Gasteiger partial charge is 0.478 e. The van der Waals surface area contributed by atoms with E-state index >= 15 is 0 Å². The summed E-state index contributed by atoms with van der Waals surface area (Å²) in [5.74, 6) is -1.29. The number of nitrogens with one attached hydrogen (secondary N) is 1. The Morgan fingerprint density at radius 3 is 2.50 bits per heavy atom. The lowest BCUT2D eigenvalue weighted by Gasteiger charge is -2.25. The van der Waals surface area contributed by atoms with Gasteiger partial charge in [-0.05, 0) is 38.0 Å². The van der Waals surface area contributed by atoms with Crippen LogP contribution < -0.4 is 10.5 Å². The van der Waals surface area contributed by atoms with E-state index in [1.165, 1.54) is 18.2 Å². The predicted octanol–water partition coefficient (Wildman–Crippen LogP) is 1.58. The van der Waals surface area contributed by atoms with E-state index in [1.807, 2.05) is 6.92 Å². The van der Waals surface area contributed by atoms with Crippen molar-refractivity contribution in [2.75, 3.05) is 5.73 Å². The first kappa shape index (κ1) is 14.8. The number of benzene rings is 1. The van der Waals surface area contributed by atoms with Crippen molar-refractivity contribution < 1.29 is 18.3 Å². The van der Waals surface area contributed by atoms with Crippen molar-refractivity contribution in [2.45, 2.75) is 43.0 Å². The standard InChI is InChI=1S/C13H18N2O4S/c1-13(6-2-3-7-13)15-20(18,19)11-8-9(14)4-5-10(11)12(16)17/h4-5,8,15H,2-3,6-7,14H2,1H3,(H,16,17). The molecule has 0 aromatic heterocycles. The normalized spacial score (nSPS) is 18.1. The maximum atomic E-state index is 12.4. The van der Waals surface area contributed by atoms with Crippen LogP contribution in [0, 0.1) is 0 Å². The zero-order valence-corrected chi connectivity index (χ0v) is 12.0. The van der Waals surface area contributed by atoms with Crippen LogP contribution in [0.4, 0.5) is 5.69 Å². The number of hydrogen-bond donors (Lipinski definition) is 3. The summed E-state index contributed by atoms with van der Waals surface area (Å²) in [6, 6.07) is 3.77. The van der Waals surface area contributed by atoms with Crippen molar-refractivity contribution in [3.63, 3.8) is 0 Å². The van der Waals surface area contributed by atoms with Crippen LogP contribution >= 0.6 is 0 Å². The van der Waals surface area contributed by atoms with Crippen LogP contribution in [0.15, 0.2) is 23.1 Å². The van der Waals surface area contributed by atoms with E-state index in [1.54, 1.807) is 0 Å². The fourth-order valence-corrected chi connectivity index (χ4v) is 4.27. The lowest BCUT2D eigenvalue weighted by Crippen LogP contribution is -2.43. The summed E-state index contributed by atoms with van der Waals surface area (Å²) >= 11 is 0. The van der Waals surface area contributed by atoms with Gasteiger partial charge in [-0.25, -0.2) is 17.9 Å². The van der Waals surface area contributed by atoms with Crippen molar-refractivity contribution in [1.29, 1.82) is 0 Å². The lowest BCUT2D eigenvalue weighted by atomic mass is 10.0. The molecule has 1 aliphatic rings. The Labute approximate surface area is 118 Å². The first-order valence-electron chi connectivity index (χ1n) is 6.40. The monoisotopic (exact) mass is 298 g/mol. The molecule has 1 aromatic carbocycles. The van der Waals surface area contributed by atoms with E-state index in [0.717, 1.165) is 25.7 Å². The van der Waals surface area contributed by atoms with Crippen LogP contribution in [0.5, 0.6) is 0 Å². The fourth-order valence-electron chi connectivity index (χ4n) is 2.57. The van der Waals surface area contributed by atoms with E-state index in [-0.39, 0.29) is 16.1 Å². The summed E-state index contributed by atoms with van der Waals surface area (Å²) in [5.41, 5.74) is 5.01. The molecule has 110 valence electrons. The molecule has 0 amide bonds. The van der Waals surface area contributed by atoms with Gasteiger partial charge in [0, 0.05) is 11.2 Å². The molecule has 0 aliphatic heterocycles. The van der Waals surface area contributed by atoms with Gasteiger partial charge in [-0.2, -0.15) is 0 Å². The Balaban J connectivity index is 2.43. The molecular formula is C13H18N2O4S. The van der Waals surface area contributed by atoms with Gasteiger partial charge in [0.25, 0.3) is 0 Å². The van der Waals surface area contributed by atoms with Gasteiger partial charge in [-0.1, -0.05) is 12.8 Å². The minimum absolute atomic E-state index is 0.215. The molecule has 4 N–H and O–H groups in total. The van der Waals surface area contributed by atoms with Gasteiger partial charge < -0.3 is 10.8 Å². The Kier molecular flexibility index (Phi) is 3.75. The van der Waals surface area contributed by atoms with Crippen molar-refractivity contribution in [3.8, 4) is 0 Å². The molecule has 1 saturated carbocycles. The van der Waals surface area contributed by atoms with Crippen LogP contribution in [0.3, 0.4) is 0 Å². The molecule has 1 fully saturated rings. The molecule has 1 aliphatic carbocycles. The zero-order chi connectivity index (χ0) is 15.0. The highest BCUT2D eigenvalue weighted by Crippen LogP contribution is 2.31. The molecule has 7 heteroatoms. The Hall–Kier alpha value is -1.60. The third kappa shape index (κ3) is 2.94. The maximum Gasteiger partial charge on any atom is 0.337 e. The smallest absolute Gasteiger partial charge is 0.337 e. The van der Waals surface area contributed by atoms with E-state index in [2.05, 4.69) is 4.72 Å². The summed E-state index contributed by atoms with van der Waals surface area (Å²) < 4.78 is 27.5. The maximum absolute atomic E-state index is 12.4. The summed E-state index contributed by atoms with van der Waals surface area (Å²) in [6.07, 6.45) is 3.41. The molecule has 20 heavy (non-hydrogen) atoms. The van der Waals surface area contributed by atoms with Gasteiger partial charge in [0.05, 0.1) is 10.5 Å². The average Bonchev–Trinajstić information content (AvgIpc) is 2.74. The first-order valence-corrected chi connectivity index (χ1v) is 7.89. The SMILES string of the molecule is CC1(NS(=O)(=O)c2cc(N)ccc2C(=O)O)CCCC1. The summed E-state index contributed by atoms with van der Waals surface area (Å²) in [5, 5.41) is 9.11. The molecule has 0 heterocycles. The number of nitrogen functional groups attached to an aromatic ring is 1. The highest BCUT2D eigenvalue weighted by molar-refractivity contribution is 7.89. The van der Waals surface area contributed by atoms with Crippen molar-refractivity contribution in [2.24, 2.45) is 0 Å². The van der Waals surface area contributed by atoms with Gasteiger partial charge in [0.2, 0.25) is 10.0 Å². The number of anilines is 1. The van der Waals surface area contributed by atoms with E-state index in [4.69, 9.17) is 10.8 Å². The van der Waals surface area contributed by atoms with Gasteiger partial charge in [0.1, 0.15) is 0 Å². The number of sulfonamides is 1. The second kappa shape index (κ2) is 5.06. The van der Waals surface area contributed by atoms with Gasteiger partial charge in [-0.15, -0.1) is 0 Å². The van der Waals surface area contributed by atoms with E-state index < -0.39 is 21.5 Å². The third-order valence-corrected chi connectivity index (χ3v) is 5.29. The Morgan fingerprint density at radius 1 is 1.35 bits per heavy atom. The second-order valence-corrected chi connectivity index (χ2v) is 7.08. The summed E-state index contributed by atoms with van der Waals surface area (Å²) in [7, 11) is -3.91. The molecule has 2 rings (SSSR count). The number of carboxylic acid groups (broad SMARTS) is 1. The van der Waals surface area contributed by atoms with Crippen LogP contribution in [0.1, 0.15) is 43.0 Å². The Bertz CT molecular complexity index is 634. The lowest BCUT2D eigenvalue weighted by molar-refractivity contribution is 0.0692. The molecule has 0 radical (unpaired) electrons. The highest BCUT2D eigenvalue weighted by Gasteiger charge is 2.35. The quantitative estimate of drug-likeness (QED) is 0.731. The number of carbonyl (C=O) groups is 1. The fraction of sp³-hybridized carbons (Fsp3) is 0.462. The summed E-state index contributed by atoms with van der Waals surface area (Å²) in [6.45, 7) is 1.84. The average molecular weight is 298 g/mol. The number of carboxylic acids is 1. The van der Waals surface area contributed by atoms with Crippen LogP contribution in [-0.2, 0) is 10.0 Å². The highest BCUT2D eigenvalue weighted by atomic mass is 32.2. The Morgan fingerprint density at radius 2 is 1.95 bits per heavy atom. The molecule has 0 unspecified atom stereocenters. The predicted molar refractivity (Wildman–Crippen MR) is 75.0 cm³/mol. The number of hydrogen-bond acceptors (Lipinski definition) is 4. The van der Waals surface area contributed by atoms with Gasteiger partial charge in [-0.3, -0.25) is 0 Å². The molecule has 0 spiro atoms. The van der Waals surface area contributed by atoms with Crippen LogP contribution in [0.25, 0.3) is 0 Å². The molecular weight excluding hydrogens is 280 g/mol. The minimum atomic E-state index is -3.91. The van der Waals surface area contributed by atoms with E-state index in [0.29, 0.717) is 0 Å². The number of aromatic carboxylic acids is 1. The molecule has 6 nitrogen and oxygen atoms in total. The number of rotatable bonds is 4. The minimum Gasteiger partial charge on any atom is -0.478 e. The van der Waals surface area contributed by atoms with Crippen molar-refractivity contribution in [1.82, 2.24) is 4.72 Å². The van der Waals surface area contributed by atoms with Crippen molar-refractivity contribution in [3.05, 3.63) is 23.8 Å². The number of nitrogens with two attached hydrogens (primary N) is 1. The molecule has 1 aromatic rings. The van der Waals surface area contributed by atoms with Gasteiger partial charge in [0.15, 0.2) is 0 Å². The van der Waals surface area contributed by atoms with Crippen molar-refractivity contribution >= 4 is 21.7 Å². The van der Waals surface area contributed by atoms with E-state index in [9.17, 15) is 13.2 Å². The third-order valence-electron chi connectivity index (χ3n) is 3.61. The molecule has 0 atom stereocenters. The zero-order valence-electron chi connectivity index (χ0n) is 11.2. The second-order valence-electron chi connectivity index (χ2n) is 5.43. The van der Waals surface area contributed by atoms with Crippen LogP contribution in [0.2, 0.25) is 0 Å². The molecule has 0 saturated heterocycles. The topological polar surface area (TPSA) is 109 Å². The summed E-state index contributed by atoms with van der Waals surface area (Å²) in [4.78, 5) is 10.9. The van der Waals surface area contributed by atoms with Crippen LogP contribution in [-0.4, -0.2) is 25.0 Å². The first-order chi connectivity index (χ1) is 9.23. The molecule has 0 bridgehead atoms.